The largest absolute Gasteiger partial charge is 0.399 e. The molecular formula is C15H24N4O. The molecule has 0 aromatic heterocycles. The molecule has 0 radical (unpaired) electrons. The summed E-state index contributed by atoms with van der Waals surface area (Å²) in [5, 5.41) is 2.97. The van der Waals surface area contributed by atoms with Gasteiger partial charge >= 0.3 is 0 Å². The van der Waals surface area contributed by atoms with E-state index in [0.717, 1.165) is 49.5 Å². The zero-order valence-electron chi connectivity index (χ0n) is 12.4. The molecule has 5 nitrogen and oxygen atoms in total. The molecule has 0 spiro atoms. The predicted octanol–water partition coefficient (Wildman–Crippen LogP) is 1.15. The Morgan fingerprint density at radius 3 is 2.85 bits per heavy atom. The van der Waals surface area contributed by atoms with Crippen LogP contribution in [0.2, 0.25) is 0 Å². The minimum atomic E-state index is 0.0439. The van der Waals surface area contributed by atoms with Crippen LogP contribution >= 0.6 is 0 Å². The highest BCUT2D eigenvalue weighted by Gasteiger charge is 2.15. The molecule has 1 amide bonds. The Balaban J connectivity index is 1.88. The van der Waals surface area contributed by atoms with Crippen molar-refractivity contribution in [3.63, 3.8) is 0 Å². The molecular weight excluding hydrogens is 252 g/mol. The molecule has 0 unspecified atom stereocenters. The predicted molar refractivity (Wildman–Crippen MR) is 82.8 cm³/mol. The Hall–Kier alpha value is -1.59. The Bertz CT molecular complexity index is 475. The number of carbonyl (C=O) groups excluding carboxylic acids is 1. The number of hydrogen-bond acceptors (Lipinski definition) is 4. The summed E-state index contributed by atoms with van der Waals surface area (Å²) in [5.74, 6) is 0.0439. The van der Waals surface area contributed by atoms with Gasteiger partial charge in [0.15, 0.2) is 0 Å². The summed E-state index contributed by atoms with van der Waals surface area (Å²) in [4.78, 5) is 16.6. The minimum absolute atomic E-state index is 0.0439. The number of nitrogens with two attached hydrogens (primary N) is 1. The second kappa shape index (κ2) is 6.72. The second-order valence-electron chi connectivity index (χ2n) is 5.56. The van der Waals surface area contributed by atoms with Crippen LogP contribution in [0.25, 0.3) is 0 Å². The third kappa shape index (κ3) is 4.21. The molecule has 3 N–H and O–H groups in total. The maximum Gasteiger partial charge on any atom is 0.238 e. The molecule has 0 bridgehead atoms. The van der Waals surface area contributed by atoms with E-state index in [0.29, 0.717) is 6.54 Å². The quantitative estimate of drug-likeness (QED) is 0.813. The monoisotopic (exact) mass is 276 g/mol. The van der Waals surface area contributed by atoms with E-state index in [1.807, 2.05) is 25.1 Å². The van der Waals surface area contributed by atoms with Crippen molar-refractivity contribution >= 4 is 17.3 Å². The minimum Gasteiger partial charge on any atom is -0.399 e. The van der Waals surface area contributed by atoms with E-state index in [9.17, 15) is 4.79 Å². The first-order valence-electron chi connectivity index (χ1n) is 7.11. The Morgan fingerprint density at radius 1 is 1.30 bits per heavy atom. The van der Waals surface area contributed by atoms with Crippen LogP contribution < -0.4 is 11.1 Å². The van der Waals surface area contributed by atoms with E-state index in [1.54, 1.807) is 0 Å². The normalized spacial score (nSPS) is 17.7. The smallest absolute Gasteiger partial charge is 0.238 e. The highest BCUT2D eigenvalue weighted by atomic mass is 16.2. The number of aryl methyl sites for hydroxylation is 1. The summed E-state index contributed by atoms with van der Waals surface area (Å²) in [5.41, 5.74) is 8.27. The molecule has 1 aliphatic heterocycles. The van der Waals surface area contributed by atoms with Crippen molar-refractivity contribution in [3.05, 3.63) is 23.8 Å². The lowest BCUT2D eigenvalue weighted by molar-refractivity contribution is -0.117. The van der Waals surface area contributed by atoms with Crippen molar-refractivity contribution in [1.29, 1.82) is 0 Å². The molecule has 1 aliphatic rings. The van der Waals surface area contributed by atoms with Gasteiger partial charge in [0, 0.05) is 24.5 Å². The van der Waals surface area contributed by atoms with E-state index in [1.165, 1.54) is 0 Å². The Morgan fingerprint density at radius 2 is 2.10 bits per heavy atom. The van der Waals surface area contributed by atoms with Gasteiger partial charge in [-0.15, -0.1) is 0 Å². The third-order valence-corrected chi connectivity index (χ3v) is 3.70. The number of hydrogen-bond donors (Lipinski definition) is 2. The zero-order chi connectivity index (χ0) is 14.5. The van der Waals surface area contributed by atoms with Crippen molar-refractivity contribution in [3.8, 4) is 0 Å². The summed E-state index contributed by atoms with van der Waals surface area (Å²) in [6, 6.07) is 5.54. The fourth-order valence-corrected chi connectivity index (χ4v) is 2.48. The van der Waals surface area contributed by atoms with Gasteiger partial charge in [0.1, 0.15) is 0 Å². The molecule has 0 atom stereocenters. The summed E-state index contributed by atoms with van der Waals surface area (Å²) < 4.78 is 0. The van der Waals surface area contributed by atoms with Gasteiger partial charge in [0.2, 0.25) is 5.91 Å². The molecule has 20 heavy (non-hydrogen) atoms. The lowest BCUT2D eigenvalue weighted by atomic mass is 10.2. The third-order valence-electron chi connectivity index (χ3n) is 3.70. The van der Waals surface area contributed by atoms with Crippen molar-refractivity contribution in [2.75, 3.05) is 50.8 Å². The second-order valence-corrected chi connectivity index (χ2v) is 5.56. The summed E-state index contributed by atoms with van der Waals surface area (Å²) in [6.07, 6.45) is 1.12. The van der Waals surface area contributed by atoms with Crippen LogP contribution in [-0.4, -0.2) is 55.5 Å². The van der Waals surface area contributed by atoms with E-state index >= 15 is 0 Å². The average molecular weight is 276 g/mol. The molecule has 1 heterocycles. The lowest BCUT2D eigenvalue weighted by Crippen LogP contribution is -2.36. The number of benzene rings is 1. The zero-order valence-corrected chi connectivity index (χ0v) is 12.4. The topological polar surface area (TPSA) is 61.6 Å². The van der Waals surface area contributed by atoms with E-state index in [-0.39, 0.29) is 5.91 Å². The first-order valence-corrected chi connectivity index (χ1v) is 7.11. The molecule has 5 heteroatoms. The van der Waals surface area contributed by atoms with Crippen LogP contribution in [0.3, 0.4) is 0 Å². The summed E-state index contributed by atoms with van der Waals surface area (Å²) in [7, 11) is 2.13. The van der Waals surface area contributed by atoms with Crippen LogP contribution in [0.5, 0.6) is 0 Å². The van der Waals surface area contributed by atoms with Crippen molar-refractivity contribution in [1.82, 2.24) is 9.80 Å². The highest BCUT2D eigenvalue weighted by molar-refractivity contribution is 5.93. The lowest BCUT2D eigenvalue weighted by Gasteiger charge is -2.19. The molecule has 1 aromatic carbocycles. The number of likely N-dealkylation sites (N-methyl/N-ethyl adjacent to an activating group) is 1. The Labute approximate surface area is 120 Å². The summed E-state index contributed by atoms with van der Waals surface area (Å²) in [6.45, 7) is 6.47. The van der Waals surface area contributed by atoms with Gasteiger partial charge in [-0.05, 0) is 57.2 Å². The van der Waals surface area contributed by atoms with Gasteiger partial charge in [-0.3, -0.25) is 9.69 Å². The molecule has 1 fully saturated rings. The fourth-order valence-electron chi connectivity index (χ4n) is 2.48. The standard InChI is InChI=1S/C15H24N4O/c1-12-10-13(16)4-5-14(12)17-15(20)11-19-7-3-6-18(2)8-9-19/h4-5,10H,3,6-9,11,16H2,1-2H3,(H,17,20). The number of nitrogen functional groups attached to an aromatic ring is 1. The van der Waals surface area contributed by atoms with Crippen LogP contribution in [0, 0.1) is 6.92 Å². The van der Waals surface area contributed by atoms with Gasteiger partial charge in [0.05, 0.1) is 6.54 Å². The maximum atomic E-state index is 12.1. The molecule has 2 rings (SSSR count). The van der Waals surface area contributed by atoms with Crippen molar-refractivity contribution in [2.45, 2.75) is 13.3 Å². The summed E-state index contributed by atoms with van der Waals surface area (Å²) >= 11 is 0. The number of anilines is 2. The first kappa shape index (κ1) is 14.8. The van der Waals surface area contributed by atoms with Gasteiger partial charge in [0.25, 0.3) is 0 Å². The average Bonchev–Trinajstić information content (AvgIpc) is 2.58. The van der Waals surface area contributed by atoms with Crippen LogP contribution in [0.15, 0.2) is 18.2 Å². The number of rotatable bonds is 3. The van der Waals surface area contributed by atoms with Gasteiger partial charge in [-0.2, -0.15) is 0 Å². The van der Waals surface area contributed by atoms with E-state index in [2.05, 4.69) is 22.2 Å². The first-order chi connectivity index (χ1) is 9.54. The van der Waals surface area contributed by atoms with Gasteiger partial charge < -0.3 is 16.0 Å². The van der Waals surface area contributed by atoms with Crippen molar-refractivity contribution < 1.29 is 4.79 Å². The van der Waals surface area contributed by atoms with Crippen molar-refractivity contribution in [2.24, 2.45) is 0 Å². The van der Waals surface area contributed by atoms with Gasteiger partial charge in [-0.25, -0.2) is 0 Å². The van der Waals surface area contributed by atoms with Crippen LogP contribution in [-0.2, 0) is 4.79 Å². The molecule has 110 valence electrons. The Kier molecular flexibility index (Phi) is 4.98. The number of amides is 1. The maximum absolute atomic E-state index is 12.1. The van der Waals surface area contributed by atoms with Crippen LogP contribution in [0.1, 0.15) is 12.0 Å². The SMILES string of the molecule is Cc1cc(N)ccc1NC(=O)CN1CCCN(C)CC1. The molecule has 0 aliphatic carbocycles. The number of carbonyl (C=O) groups is 1. The van der Waals surface area contributed by atoms with Crippen LogP contribution in [0.4, 0.5) is 11.4 Å². The molecule has 1 saturated heterocycles. The molecule has 1 aromatic rings. The molecule has 0 saturated carbocycles. The fraction of sp³-hybridized carbons (Fsp3) is 0.533. The van der Waals surface area contributed by atoms with E-state index in [4.69, 9.17) is 5.73 Å². The van der Waals surface area contributed by atoms with E-state index < -0.39 is 0 Å². The highest BCUT2D eigenvalue weighted by Crippen LogP contribution is 2.17. The van der Waals surface area contributed by atoms with Gasteiger partial charge in [-0.1, -0.05) is 0 Å². The number of nitrogens with one attached hydrogen (secondary N) is 1. The number of nitrogens with zero attached hydrogens (tertiary/aromatic N) is 2.